The Bertz CT molecular complexity index is 868. The molecule has 2 fully saturated rings. The van der Waals surface area contributed by atoms with Crippen molar-refractivity contribution < 1.29 is 13.6 Å². The summed E-state index contributed by atoms with van der Waals surface area (Å²) in [5.74, 6) is -0.630. The molecule has 150 valence electrons. The second-order valence-electron chi connectivity index (χ2n) is 7.91. The molecule has 1 spiro atoms. The Morgan fingerprint density at radius 2 is 2.04 bits per heavy atom. The Morgan fingerprint density at radius 1 is 1.18 bits per heavy atom. The number of nitrogens with zero attached hydrogens (tertiary/aromatic N) is 4. The summed E-state index contributed by atoms with van der Waals surface area (Å²) in [4.78, 5) is 21.7. The molecule has 3 heterocycles. The van der Waals surface area contributed by atoms with Gasteiger partial charge in [-0.25, -0.2) is 13.8 Å². The Kier molecular flexibility index (Phi) is 5.19. The average molecular weight is 388 g/mol. The van der Waals surface area contributed by atoms with E-state index in [4.69, 9.17) is 0 Å². The molecule has 0 saturated carbocycles. The van der Waals surface area contributed by atoms with Gasteiger partial charge in [0.1, 0.15) is 5.82 Å². The summed E-state index contributed by atoms with van der Waals surface area (Å²) >= 11 is 0. The van der Waals surface area contributed by atoms with Gasteiger partial charge in [0.15, 0.2) is 11.6 Å². The Labute approximate surface area is 164 Å². The second-order valence-corrected chi connectivity index (χ2v) is 7.91. The Hall–Kier alpha value is -2.28. The lowest BCUT2D eigenvalue weighted by atomic mass is 9.78. The molecule has 1 atom stereocenters. The van der Waals surface area contributed by atoms with Crippen molar-refractivity contribution in [2.45, 2.75) is 45.8 Å². The van der Waals surface area contributed by atoms with Gasteiger partial charge in [-0.3, -0.25) is 9.69 Å². The molecule has 2 aliphatic rings. The first kappa shape index (κ1) is 19.1. The first-order valence-electron chi connectivity index (χ1n) is 9.97. The highest BCUT2D eigenvalue weighted by Crippen LogP contribution is 2.41. The molecular weight excluding hydrogens is 362 g/mol. The number of aromatic nitrogens is 2. The lowest BCUT2D eigenvalue weighted by Crippen LogP contribution is -2.49. The van der Waals surface area contributed by atoms with Crippen molar-refractivity contribution in [3.05, 3.63) is 53.6 Å². The van der Waals surface area contributed by atoms with E-state index in [2.05, 4.69) is 21.4 Å². The first-order valence-corrected chi connectivity index (χ1v) is 9.97. The van der Waals surface area contributed by atoms with Crippen LogP contribution < -0.4 is 0 Å². The fraction of sp³-hybridized carbons (Fsp3) is 0.524. The van der Waals surface area contributed by atoms with Crippen LogP contribution in [0.15, 0.2) is 30.6 Å². The van der Waals surface area contributed by atoms with E-state index in [1.165, 1.54) is 6.07 Å². The number of rotatable bonds is 5. The van der Waals surface area contributed by atoms with E-state index in [0.717, 1.165) is 50.8 Å². The van der Waals surface area contributed by atoms with Crippen LogP contribution in [-0.2, 0) is 24.4 Å². The molecule has 1 unspecified atom stereocenters. The van der Waals surface area contributed by atoms with Gasteiger partial charge in [0.05, 0.1) is 12.0 Å². The minimum absolute atomic E-state index is 0.0729. The smallest absolute Gasteiger partial charge is 0.230 e. The van der Waals surface area contributed by atoms with Crippen LogP contribution in [-0.4, -0.2) is 44.9 Å². The largest absolute Gasteiger partial charge is 0.338 e. The zero-order chi connectivity index (χ0) is 19.7. The number of amides is 1. The van der Waals surface area contributed by atoms with Crippen LogP contribution in [0.3, 0.4) is 0 Å². The third kappa shape index (κ3) is 3.43. The summed E-state index contributed by atoms with van der Waals surface area (Å²) in [5.41, 5.74) is -0.170. The molecule has 2 aliphatic heterocycles. The molecule has 5 nitrogen and oxygen atoms in total. The average Bonchev–Trinajstić information content (AvgIpc) is 3.30. The maximum atomic E-state index is 14.1. The zero-order valence-electron chi connectivity index (χ0n) is 16.2. The lowest BCUT2D eigenvalue weighted by molar-refractivity contribution is -0.146. The van der Waals surface area contributed by atoms with Crippen molar-refractivity contribution in [1.29, 1.82) is 0 Å². The number of benzene rings is 1. The van der Waals surface area contributed by atoms with Gasteiger partial charge in [-0.2, -0.15) is 0 Å². The van der Waals surface area contributed by atoms with Gasteiger partial charge >= 0.3 is 0 Å². The molecule has 2 aromatic rings. The fourth-order valence-corrected chi connectivity index (χ4v) is 4.63. The van der Waals surface area contributed by atoms with Crippen molar-refractivity contribution in [3.8, 4) is 0 Å². The van der Waals surface area contributed by atoms with E-state index in [1.807, 2.05) is 12.4 Å². The Balaban J connectivity index is 1.46. The molecule has 1 aromatic heterocycles. The molecule has 7 heteroatoms. The number of carbonyl (C=O) groups excluding carboxylic acids is 1. The van der Waals surface area contributed by atoms with Gasteiger partial charge in [-0.05, 0) is 38.8 Å². The third-order valence-corrected chi connectivity index (χ3v) is 6.16. The maximum absolute atomic E-state index is 14.1. The number of piperidine rings is 1. The molecule has 0 N–H and O–H groups in total. The summed E-state index contributed by atoms with van der Waals surface area (Å²) in [6.45, 7) is 5.97. The third-order valence-electron chi connectivity index (χ3n) is 6.16. The topological polar surface area (TPSA) is 41.4 Å². The van der Waals surface area contributed by atoms with Crippen molar-refractivity contribution in [3.63, 3.8) is 0 Å². The van der Waals surface area contributed by atoms with Crippen molar-refractivity contribution in [1.82, 2.24) is 19.4 Å². The summed E-state index contributed by atoms with van der Waals surface area (Å²) < 4.78 is 29.7. The number of imidazole rings is 1. The van der Waals surface area contributed by atoms with Gasteiger partial charge in [0.2, 0.25) is 5.91 Å². The second kappa shape index (κ2) is 7.62. The first-order chi connectivity index (χ1) is 13.5. The molecule has 2 saturated heterocycles. The molecule has 1 aromatic carbocycles. The summed E-state index contributed by atoms with van der Waals surface area (Å²) in [7, 11) is 0. The van der Waals surface area contributed by atoms with E-state index in [-0.39, 0.29) is 18.0 Å². The van der Waals surface area contributed by atoms with Crippen LogP contribution in [0.4, 0.5) is 8.78 Å². The standard InChI is InChI=1S/C21H26F2N4O/c1-2-26-12-9-24-18(26)14-25-11-8-21(15-25)7-4-10-27(20(21)28)13-16-5-3-6-17(22)19(16)23/h3,5-6,9,12H,2,4,7-8,10-11,13-15H2,1H3. The summed E-state index contributed by atoms with van der Waals surface area (Å²) in [6, 6.07) is 4.15. The maximum Gasteiger partial charge on any atom is 0.230 e. The number of hydrogen-bond donors (Lipinski definition) is 0. The highest BCUT2D eigenvalue weighted by molar-refractivity contribution is 5.84. The fourth-order valence-electron chi connectivity index (χ4n) is 4.63. The van der Waals surface area contributed by atoms with Gasteiger partial charge in [-0.1, -0.05) is 12.1 Å². The number of carbonyl (C=O) groups is 1. The number of aryl methyl sites for hydroxylation is 1. The predicted octanol–water partition coefficient (Wildman–Crippen LogP) is 3.20. The van der Waals surface area contributed by atoms with Crippen LogP contribution in [0, 0.1) is 17.0 Å². The van der Waals surface area contributed by atoms with Crippen LogP contribution in [0.25, 0.3) is 0 Å². The van der Waals surface area contributed by atoms with Crippen molar-refractivity contribution in [2.75, 3.05) is 19.6 Å². The van der Waals surface area contributed by atoms with Crippen LogP contribution in [0.2, 0.25) is 0 Å². The SMILES string of the molecule is CCn1ccnc1CN1CCC2(CCCN(Cc3cccc(F)c3F)C2=O)C1. The summed E-state index contributed by atoms with van der Waals surface area (Å²) in [5, 5.41) is 0. The number of hydrogen-bond acceptors (Lipinski definition) is 3. The molecule has 4 rings (SSSR count). The quantitative estimate of drug-likeness (QED) is 0.790. The van der Waals surface area contributed by atoms with Crippen molar-refractivity contribution >= 4 is 5.91 Å². The monoisotopic (exact) mass is 388 g/mol. The molecule has 0 radical (unpaired) electrons. The number of halogens is 2. The van der Waals surface area contributed by atoms with Gasteiger partial charge in [0, 0.05) is 44.1 Å². The van der Waals surface area contributed by atoms with E-state index in [1.54, 1.807) is 11.0 Å². The highest BCUT2D eigenvalue weighted by atomic mass is 19.2. The number of likely N-dealkylation sites (tertiary alicyclic amines) is 2. The molecule has 1 amide bonds. The molecular formula is C21H26F2N4O. The van der Waals surface area contributed by atoms with Gasteiger partial charge < -0.3 is 9.47 Å². The zero-order valence-corrected chi connectivity index (χ0v) is 16.2. The minimum Gasteiger partial charge on any atom is -0.338 e. The molecule has 28 heavy (non-hydrogen) atoms. The highest BCUT2D eigenvalue weighted by Gasteiger charge is 2.48. The van der Waals surface area contributed by atoms with Gasteiger partial charge in [0.25, 0.3) is 0 Å². The normalized spacial score (nSPS) is 23.1. The van der Waals surface area contributed by atoms with E-state index >= 15 is 0 Å². The molecule has 0 bridgehead atoms. The van der Waals surface area contributed by atoms with Gasteiger partial charge in [-0.15, -0.1) is 0 Å². The minimum atomic E-state index is -0.866. The summed E-state index contributed by atoms with van der Waals surface area (Å²) in [6.07, 6.45) is 6.33. The van der Waals surface area contributed by atoms with Crippen LogP contribution in [0.1, 0.15) is 37.6 Å². The molecule has 0 aliphatic carbocycles. The Morgan fingerprint density at radius 3 is 2.86 bits per heavy atom. The van der Waals surface area contributed by atoms with E-state index in [9.17, 15) is 13.6 Å². The lowest BCUT2D eigenvalue weighted by Gasteiger charge is -2.39. The predicted molar refractivity (Wildman–Crippen MR) is 101 cm³/mol. The van der Waals surface area contributed by atoms with Crippen LogP contribution in [0.5, 0.6) is 0 Å². The van der Waals surface area contributed by atoms with Crippen molar-refractivity contribution in [2.24, 2.45) is 5.41 Å². The van der Waals surface area contributed by atoms with E-state index in [0.29, 0.717) is 13.1 Å². The van der Waals surface area contributed by atoms with E-state index < -0.39 is 17.0 Å². The van der Waals surface area contributed by atoms with Crippen LogP contribution >= 0.6 is 0 Å².